The highest BCUT2D eigenvalue weighted by Crippen LogP contribution is 2.29. The molecule has 1 atom stereocenters. The standard InChI is InChI=1S/C15H19N3O3/c16-14(19)10-5-7-18(8-6-10)15(20)13-9-17-11-3-1-2-4-12(11)21-13/h1-4,10,13,17H,5-9H2,(H2,16,19). The highest BCUT2D eigenvalue weighted by Gasteiger charge is 2.32. The fourth-order valence-electron chi connectivity index (χ4n) is 2.84. The van der Waals surface area contributed by atoms with Gasteiger partial charge >= 0.3 is 0 Å². The zero-order chi connectivity index (χ0) is 14.8. The summed E-state index contributed by atoms with van der Waals surface area (Å²) in [4.78, 5) is 25.4. The molecule has 0 spiro atoms. The Morgan fingerprint density at radius 1 is 1.24 bits per heavy atom. The number of para-hydroxylation sites is 2. The van der Waals surface area contributed by atoms with Gasteiger partial charge in [-0.3, -0.25) is 9.59 Å². The van der Waals surface area contributed by atoms with E-state index in [1.54, 1.807) is 4.90 Å². The number of hydrogen-bond acceptors (Lipinski definition) is 4. The van der Waals surface area contributed by atoms with Gasteiger partial charge < -0.3 is 20.7 Å². The minimum absolute atomic E-state index is 0.0278. The second-order valence-corrected chi connectivity index (χ2v) is 5.49. The summed E-state index contributed by atoms with van der Waals surface area (Å²) in [5, 5.41) is 3.21. The minimum atomic E-state index is -0.509. The molecular formula is C15H19N3O3. The van der Waals surface area contributed by atoms with E-state index in [0.717, 1.165) is 5.69 Å². The Balaban J connectivity index is 1.61. The molecule has 0 saturated carbocycles. The lowest BCUT2D eigenvalue weighted by atomic mass is 9.96. The number of piperidine rings is 1. The number of amides is 2. The van der Waals surface area contributed by atoms with Crippen molar-refractivity contribution in [3.8, 4) is 5.75 Å². The van der Waals surface area contributed by atoms with Crippen molar-refractivity contribution in [2.75, 3.05) is 25.0 Å². The predicted octanol–water partition coefficient (Wildman–Crippen LogP) is 0.583. The number of rotatable bonds is 2. The van der Waals surface area contributed by atoms with Crippen molar-refractivity contribution < 1.29 is 14.3 Å². The molecule has 1 saturated heterocycles. The first kappa shape index (κ1) is 13.7. The summed E-state index contributed by atoms with van der Waals surface area (Å²) in [6, 6.07) is 7.58. The van der Waals surface area contributed by atoms with Crippen molar-refractivity contribution in [2.24, 2.45) is 11.7 Å². The summed E-state index contributed by atoms with van der Waals surface area (Å²) >= 11 is 0. The third-order valence-electron chi connectivity index (χ3n) is 4.12. The summed E-state index contributed by atoms with van der Waals surface area (Å²) in [7, 11) is 0. The second-order valence-electron chi connectivity index (χ2n) is 5.49. The molecule has 2 heterocycles. The van der Waals surface area contributed by atoms with E-state index < -0.39 is 6.10 Å². The Morgan fingerprint density at radius 3 is 2.67 bits per heavy atom. The average Bonchev–Trinajstić information content (AvgIpc) is 2.54. The number of carbonyl (C=O) groups is 2. The zero-order valence-corrected chi connectivity index (χ0v) is 11.7. The fourth-order valence-corrected chi connectivity index (χ4v) is 2.84. The first-order chi connectivity index (χ1) is 10.1. The third kappa shape index (κ3) is 2.79. The van der Waals surface area contributed by atoms with Crippen LogP contribution in [-0.4, -0.2) is 42.5 Å². The van der Waals surface area contributed by atoms with Crippen molar-refractivity contribution in [3.05, 3.63) is 24.3 Å². The molecule has 3 rings (SSSR count). The minimum Gasteiger partial charge on any atom is -0.477 e. The SMILES string of the molecule is NC(=O)C1CCN(C(=O)C2CNc3ccccc3O2)CC1. The van der Waals surface area contributed by atoms with E-state index in [-0.39, 0.29) is 17.7 Å². The fraction of sp³-hybridized carbons (Fsp3) is 0.467. The predicted molar refractivity (Wildman–Crippen MR) is 77.8 cm³/mol. The summed E-state index contributed by atoms with van der Waals surface area (Å²) in [5.74, 6) is 0.292. The Labute approximate surface area is 123 Å². The van der Waals surface area contributed by atoms with Crippen molar-refractivity contribution in [3.63, 3.8) is 0 Å². The molecule has 0 aliphatic carbocycles. The lowest BCUT2D eigenvalue weighted by molar-refractivity contribution is -0.141. The lowest BCUT2D eigenvalue weighted by Gasteiger charge is -2.35. The zero-order valence-electron chi connectivity index (χ0n) is 11.7. The Hall–Kier alpha value is -2.24. The van der Waals surface area contributed by atoms with Crippen LogP contribution >= 0.6 is 0 Å². The molecule has 1 unspecified atom stereocenters. The number of anilines is 1. The largest absolute Gasteiger partial charge is 0.477 e. The molecule has 2 aliphatic rings. The molecule has 3 N–H and O–H groups in total. The Bertz CT molecular complexity index is 553. The van der Waals surface area contributed by atoms with Crippen LogP contribution < -0.4 is 15.8 Å². The molecule has 1 aromatic rings. The van der Waals surface area contributed by atoms with Crippen molar-refractivity contribution in [1.29, 1.82) is 0 Å². The number of nitrogens with zero attached hydrogens (tertiary/aromatic N) is 1. The van der Waals surface area contributed by atoms with Crippen LogP contribution in [0, 0.1) is 5.92 Å². The van der Waals surface area contributed by atoms with Gasteiger partial charge in [-0.1, -0.05) is 12.1 Å². The molecule has 0 aromatic heterocycles. The van der Waals surface area contributed by atoms with Gasteiger partial charge in [0.25, 0.3) is 5.91 Å². The van der Waals surface area contributed by atoms with Crippen LogP contribution in [0.3, 0.4) is 0 Å². The van der Waals surface area contributed by atoms with E-state index in [2.05, 4.69) is 5.32 Å². The van der Waals surface area contributed by atoms with Crippen molar-refractivity contribution in [1.82, 2.24) is 4.90 Å². The van der Waals surface area contributed by atoms with Gasteiger partial charge in [-0.05, 0) is 25.0 Å². The highest BCUT2D eigenvalue weighted by atomic mass is 16.5. The molecule has 21 heavy (non-hydrogen) atoms. The number of nitrogens with one attached hydrogen (secondary N) is 1. The number of carbonyl (C=O) groups excluding carboxylic acids is 2. The molecule has 1 fully saturated rings. The first-order valence-corrected chi connectivity index (χ1v) is 7.23. The van der Waals surface area contributed by atoms with E-state index >= 15 is 0 Å². The summed E-state index contributed by atoms with van der Waals surface area (Å²) in [6.45, 7) is 1.59. The second kappa shape index (κ2) is 5.63. The van der Waals surface area contributed by atoms with Gasteiger partial charge in [0, 0.05) is 19.0 Å². The van der Waals surface area contributed by atoms with Gasteiger partial charge in [-0.15, -0.1) is 0 Å². The van der Waals surface area contributed by atoms with E-state index in [4.69, 9.17) is 10.5 Å². The molecule has 112 valence electrons. The van der Waals surface area contributed by atoms with Gasteiger partial charge in [0.1, 0.15) is 5.75 Å². The molecule has 2 aliphatic heterocycles. The highest BCUT2D eigenvalue weighted by molar-refractivity contribution is 5.84. The molecular weight excluding hydrogens is 270 g/mol. The maximum Gasteiger partial charge on any atom is 0.265 e. The van der Waals surface area contributed by atoms with Crippen LogP contribution in [0.4, 0.5) is 5.69 Å². The van der Waals surface area contributed by atoms with Gasteiger partial charge in [0.05, 0.1) is 12.2 Å². The molecule has 6 heteroatoms. The van der Waals surface area contributed by atoms with E-state index in [1.807, 2.05) is 24.3 Å². The average molecular weight is 289 g/mol. The van der Waals surface area contributed by atoms with E-state index in [0.29, 0.717) is 38.2 Å². The number of likely N-dealkylation sites (tertiary alicyclic amines) is 1. The monoisotopic (exact) mass is 289 g/mol. The van der Waals surface area contributed by atoms with Gasteiger partial charge in [0.15, 0.2) is 6.10 Å². The Morgan fingerprint density at radius 2 is 1.95 bits per heavy atom. The van der Waals surface area contributed by atoms with Crippen LogP contribution in [0.25, 0.3) is 0 Å². The van der Waals surface area contributed by atoms with Crippen molar-refractivity contribution >= 4 is 17.5 Å². The van der Waals surface area contributed by atoms with Gasteiger partial charge in [-0.25, -0.2) is 0 Å². The van der Waals surface area contributed by atoms with Crippen LogP contribution in [0.15, 0.2) is 24.3 Å². The normalized spacial score (nSPS) is 21.9. The van der Waals surface area contributed by atoms with Crippen molar-refractivity contribution in [2.45, 2.75) is 18.9 Å². The van der Waals surface area contributed by atoms with Crippen LogP contribution in [0.1, 0.15) is 12.8 Å². The number of primary amides is 1. The molecule has 0 bridgehead atoms. The maximum absolute atomic E-state index is 12.5. The molecule has 1 aromatic carbocycles. The number of benzene rings is 1. The number of ether oxygens (including phenoxy) is 1. The van der Waals surface area contributed by atoms with E-state index in [1.165, 1.54) is 0 Å². The van der Waals surface area contributed by atoms with Crippen LogP contribution in [-0.2, 0) is 9.59 Å². The molecule has 6 nitrogen and oxygen atoms in total. The summed E-state index contributed by atoms with van der Waals surface area (Å²) in [6.07, 6.45) is 0.764. The van der Waals surface area contributed by atoms with E-state index in [9.17, 15) is 9.59 Å². The van der Waals surface area contributed by atoms with Gasteiger partial charge in [0.2, 0.25) is 5.91 Å². The summed E-state index contributed by atoms with van der Waals surface area (Å²) < 4.78 is 5.78. The van der Waals surface area contributed by atoms with Crippen LogP contribution in [0.2, 0.25) is 0 Å². The van der Waals surface area contributed by atoms with Crippen LogP contribution in [0.5, 0.6) is 5.75 Å². The topological polar surface area (TPSA) is 84.7 Å². The lowest BCUT2D eigenvalue weighted by Crippen LogP contribution is -2.50. The molecule has 2 amide bonds. The number of nitrogens with two attached hydrogens (primary N) is 1. The number of hydrogen-bond donors (Lipinski definition) is 2. The third-order valence-corrected chi connectivity index (χ3v) is 4.12. The number of fused-ring (bicyclic) bond motifs is 1. The first-order valence-electron chi connectivity index (χ1n) is 7.23. The smallest absolute Gasteiger partial charge is 0.265 e. The summed E-state index contributed by atoms with van der Waals surface area (Å²) in [5.41, 5.74) is 6.22. The Kier molecular flexibility index (Phi) is 3.68. The molecule has 0 radical (unpaired) electrons. The quantitative estimate of drug-likeness (QED) is 0.834. The van der Waals surface area contributed by atoms with Gasteiger partial charge in [-0.2, -0.15) is 0 Å². The maximum atomic E-state index is 12.5.